The molecule has 0 atom stereocenters. The van der Waals surface area contributed by atoms with E-state index >= 15 is 0 Å². The van der Waals surface area contributed by atoms with E-state index in [4.69, 9.17) is 0 Å². The SMILES string of the molecule is CC.CC.COC.COC.C[Te](C)(C)C.c1ccc2ccccc2c1.c1ccc2ccccc2c1. The summed E-state index contributed by atoms with van der Waals surface area (Å²) in [6.45, 7) is 8.00. The van der Waals surface area contributed by atoms with Gasteiger partial charge in [0.25, 0.3) is 0 Å². The average molecular weight is 596 g/mol. The third kappa shape index (κ3) is 25.0. The van der Waals surface area contributed by atoms with Gasteiger partial charge in [-0.3, -0.25) is 0 Å². The van der Waals surface area contributed by atoms with E-state index in [1.807, 2.05) is 27.7 Å². The first-order chi connectivity index (χ1) is 16.8. The van der Waals surface area contributed by atoms with Gasteiger partial charge in [-0.05, 0) is 21.5 Å². The Morgan fingerprint density at radius 1 is 0.371 bits per heavy atom. The maximum Gasteiger partial charge on any atom is -0.0184 e. The van der Waals surface area contributed by atoms with E-state index in [0.29, 0.717) is 0 Å². The van der Waals surface area contributed by atoms with Crippen molar-refractivity contribution in [2.75, 3.05) is 28.4 Å². The molecule has 4 aromatic carbocycles. The Kier molecular flexibility index (Phi) is 28.7. The molecule has 198 valence electrons. The second-order valence-electron chi connectivity index (χ2n) is 7.96. The van der Waals surface area contributed by atoms with Crippen LogP contribution in [-0.2, 0) is 9.47 Å². The van der Waals surface area contributed by atoms with Gasteiger partial charge in [0, 0.05) is 28.4 Å². The molecule has 0 N–H and O–H groups in total. The van der Waals surface area contributed by atoms with Crippen LogP contribution < -0.4 is 0 Å². The van der Waals surface area contributed by atoms with Crippen LogP contribution >= 0.6 is 0 Å². The molecule has 2 nitrogen and oxygen atoms in total. The largest absolute Gasteiger partial charge is 0.0616 e. The molecule has 0 radical (unpaired) electrons. The van der Waals surface area contributed by atoms with Crippen LogP contribution in [0.4, 0.5) is 0 Å². The Morgan fingerprint density at radius 3 is 0.543 bits per heavy atom. The van der Waals surface area contributed by atoms with Crippen LogP contribution in [-0.4, -0.2) is 46.6 Å². The second-order valence-corrected chi connectivity index (χ2v) is 21.9. The Hall–Kier alpha value is -1.89. The van der Waals surface area contributed by atoms with Gasteiger partial charge >= 0.3 is 38.1 Å². The van der Waals surface area contributed by atoms with Crippen molar-refractivity contribution in [1.29, 1.82) is 0 Å². The predicted molar refractivity (Wildman–Crippen MR) is 166 cm³/mol. The van der Waals surface area contributed by atoms with Gasteiger partial charge in [-0.25, -0.2) is 0 Å². The Labute approximate surface area is 221 Å². The van der Waals surface area contributed by atoms with Crippen molar-refractivity contribution in [2.24, 2.45) is 0 Å². The number of ether oxygens (including phenoxy) is 2. The fourth-order valence-corrected chi connectivity index (χ4v) is 2.27. The molecule has 35 heavy (non-hydrogen) atoms. The number of fused-ring (bicyclic) bond motifs is 2. The first-order valence-corrected chi connectivity index (χ1v) is 21.4. The van der Waals surface area contributed by atoms with E-state index in [1.165, 1.54) is 21.5 Å². The minimum atomic E-state index is -1.02. The van der Waals surface area contributed by atoms with Crippen molar-refractivity contribution in [2.45, 2.75) is 47.6 Å². The van der Waals surface area contributed by atoms with Crippen LogP contribution in [0.5, 0.6) is 0 Å². The van der Waals surface area contributed by atoms with E-state index in [9.17, 15) is 0 Å². The summed E-state index contributed by atoms with van der Waals surface area (Å²) in [5, 5.41) is 5.24. The first-order valence-electron chi connectivity index (χ1n) is 12.1. The Morgan fingerprint density at radius 2 is 0.457 bits per heavy atom. The van der Waals surface area contributed by atoms with Gasteiger partial charge in [-0.15, -0.1) is 0 Å². The van der Waals surface area contributed by atoms with E-state index in [-0.39, 0.29) is 0 Å². The third-order valence-corrected chi connectivity index (χ3v) is 3.32. The molecule has 0 aliphatic rings. The summed E-state index contributed by atoms with van der Waals surface area (Å²) >= 11 is -1.02. The van der Waals surface area contributed by atoms with Gasteiger partial charge in [0.1, 0.15) is 0 Å². The molecule has 0 amide bonds. The monoisotopic (exact) mass is 598 g/mol. The molecule has 3 heteroatoms. The summed E-state index contributed by atoms with van der Waals surface area (Å²) in [6.07, 6.45) is 0. The van der Waals surface area contributed by atoms with Crippen LogP contribution in [0.2, 0.25) is 19.9 Å². The predicted octanol–water partition coefficient (Wildman–Crippen LogP) is 10.2. The average Bonchev–Trinajstić information content (AvgIpc) is 2.87. The summed E-state index contributed by atoms with van der Waals surface area (Å²) < 4.78 is 8.50. The maximum absolute atomic E-state index is 4.25. The fourth-order valence-electron chi connectivity index (χ4n) is 2.27. The minimum Gasteiger partial charge on any atom is -0.0616 e. The van der Waals surface area contributed by atoms with Gasteiger partial charge in [-0.1, -0.05) is 125 Å². The smallest absolute Gasteiger partial charge is 0.0184 e. The van der Waals surface area contributed by atoms with Crippen molar-refractivity contribution >= 4 is 39.7 Å². The molecular formula is C32H52O2Te. The van der Waals surface area contributed by atoms with Crippen molar-refractivity contribution in [3.05, 3.63) is 97.1 Å². The molecule has 0 saturated carbocycles. The summed E-state index contributed by atoms with van der Waals surface area (Å²) in [6, 6.07) is 33.4. The summed E-state index contributed by atoms with van der Waals surface area (Å²) in [5.41, 5.74) is 0. The Balaban J connectivity index is -0.000000384. The molecule has 4 rings (SSSR count). The molecule has 0 unspecified atom stereocenters. The zero-order valence-corrected chi connectivity index (χ0v) is 26.8. The number of methoxy groups -OCH3 is 2. The molecule has 0 bridgehead atoms. The normalized spacial score (nSPS) is 9.26. The summed E-state index contributed by atoms with van der Waals surface area (Å²) in [5.74, 6) is 0. The van der Waals surface area contributed by atoms with Crippen LogP contribution in [0.3, 0.4) is 0 Å². The molecule has 0 aliphatic heterocycles. The van der Waals surface area contributed by atoms with Gasteiger partial charge in [0.2, 0.25) is 0 Å². The quantitative estimate of drug-likeness (QED) is 0.188. The number of benzene rings is 4. The molecule has 0 fully saturated rings. The van der Waals surface area contributed by atoms with E-state index in [2.05, 4.69) is 126 Å². The minimum absolute atomic E-state index is 1.02. The van der Waals surface area contributed by atoms with Crippen molar-refractivity contribution in [3.63, 3.8) is 0 Å². The molecule has 0 aliphatic carbocycles. The summed E-state index contributed by atoms with van der Waals surface area (Å²) in [7, 11) is 6.50. The first kappa shape index (κ1) is 37.7. The van der Waals surface area contributed by atoms with Crippen LogP contribution in [0.25, 0.3) is 21.5 Å². The van der Waals surface area contributed by atoms with E-state index in [0.717, 1.165) is 0 Å². The molecule has 4 aromatic rings. The summed E-state index contributed by atoms with van der Waals surface area (Å²) in [4.78, 5) is 9.51. The number of hydrogen-bond acceptors (Lipinski definition) is 2. The molecule has 0 spiro atoms. The third-order valence-electron chi connectivity index (χ3n) is 3.32. The zero-order valence-electron chi connectivity index (χ0n) is 24.5. The van der Waals surface area contributed by atoms with Crippen molar-refractivity contribution in [1.82, 2.24) is 0 Å². The Bertz CT molecular complexity index is 736. The van der Waals surface area contributed by atoms with Crippen molar-refractivity contribution in [3.8, 4) is 0 Å². The van der Waals surface area contributed by atoms with E-state index in [1.54, 1.807) is 28.4 Å². The second kappa shape index (κ2) is 26.7. The zero-order chi connectivity index (χ0) is 27.5. The standard InChI is InChI=1S/2C10H8.C4H12Te.2C2H6O.2C2H6/c2*1-2-6-10-8-4-3-7-9(10)5-1;1-5(2,3)4;2*1-3-2;2*1-2/h2*1-8H;1-4H3;2*1-2H3;2*1-2H3. The number of hydrogen-bond donors (Lipinski definition) is 0. The van der Waals surface area contributed by atoms with Gasteiger partial charge < -0.3 is 9.47 Å². The number of rotatable bonds is 0. The molecule has 0 heterocycles. The topological polar surface area (TPSA) is 18.5 Å². The van der Waals surface area contributed by atoms with Crippen LogP contribution in [0, 0.1) is 0 Å². The fraction of sp³-hybridized carbons (Fsp3) is 0.375. The van der Waals surface area contributed by atoms with Gasteiger partial charge in [-0.2, -0.15) is 0 Å². The molecule has 0 saturated heterocycles. The van der Waals surface area contributed by atoms with Gasteiger partial charge in [0.05, 0.1) is 0 Å². The molecular weight excluding hydrogens is 544 g/mol. The van der Waals surface area contributed by atoms with Crippen LogP contribution in [0.15, 0.2) is 97.1 Å². The van der Waals surface area contributed by atoms with E-state index < -0.39 is 18.2 Å². The van der Waals surface area contributed by atoms with Crippen LogP contribution in [0.1, 0.15) is 27.7 Å². The maximum atomic E-state index is 4.25. The van der Waals surface area contributed by atoms with Crippen molar-refractivity contribution < 1.29 is 9.47 Å². The van der Waals surface area contributed by atoms with Gasteiger partial charge in [0.15, 0.2) is 0 Å². The molecule has 0 aromatic heterocycles.